The van der Waals surface area contributed by atoms with Crippen LogP contribution in [-0.4, -0.2) is 43.7 Å². The van der Waals surface area contributed by atoms with Gasteiger partial charge in [0.1, 0.15) is 0 Å². The van der Waals surface area contributed by atoms with Gasteiger partial charge >= 0.3 is 0 Å². The summed E-state index contributed by atoms with van der Waals surface area (Å²) < 4.78 is 5.82. The van der Waals surface area contributed by atoms with Gasteiger partial charge in [0, 0.05) is 19.2 Å². The van der Waals surface area contributed by atoms with Gasteiger partial charge in [-0.2, -0.15) is 0 Å². The van der Waals surface area contributed by atoms with Crippen LogP contribution in [0.4, 0.5) is 0 Å². The highest BCUT2D eigenvalue weighted by molar-refractivity contribution is 7.71. The van der Waals surface area contributed by atoms with E-state index in [-0.39, 0.29) is 11.5 Å². The van der Waals surface area contributed by atoms with E-state index in [1.54, 1.807) is 16.3 Å². The lowest BCUT2D eigenvalue weighted by Gasteiger charge is -2.16. The molecule has 8 nitrogen and oxygen atoms in total. The molecule has 0 fully saturated rings. The number of fused-ring (bicyclic) bond motifs is 3. The second-order valence-corrected chi connectivity index (χ2v) is 9.11. The molecule has 2 aromatic heterocycles. The second-order valence-electron chi connectivity index (χ2n) is 8.74. The maximum absolute atomic E-state index is 13.5. The summed E-state index contributed by atoms with van der Waals surface area (Å²) in [7, 11) is 3.60. The average molecular weight is 499 g/mol. The Morgan fingerprint density at radius 3 is 2.39 bits per heavy atom. The molecule has 0 aliphatic heterocycles. The van der Waals surface area contributed by atoms with Crippen molar-refractivity contribution in [1.29, 1.82) is 0 Å². The van der Waals surface area contributed by atoms with E-state index in [1.807, 2.05) is 90.3 Å². The molecule has 0 saturated heterocycles. The van der Waals surface area contributed by atoms with E-state index in [4.69, 9.17) is 17.3 Å². The van der Waals surface area contributed by atoms with Gasteiger partial charge in [-0.1, -0.05) is 54.6 Å². The predicted molar refractivity (Wildman–Crippen MR) is 143 cm³/mol. The summed E-state index contributed by atoms with van der Waals surface area (Å²) in [6.07, 6.45) is 0. The number of carbonyl (C=O) groups excluding carboxylic acids is 1. The normalized spacial score (nSPS) is 11.4. The van der Waals surface area contributed by atoms with Crippen molar-refractivity contribution in [2.75, 3.05) is 14.1 Å². The number of benzene rings is 3. The molecule has 5 rings (SSSR count). The molecular weight excluding hydrogens is 472 g/mol. The van der Waals surface area contributed by atoms with Crippen molar-refractivity contribution in [2.24, 2.45) is 0 Å². The van der Waals surface area contributed by atoms with Crippen LogP contribution in [0.3, 0.4) is 0 Å². The minimum absolute atomic E-state index is 0.0985. The van der Waals surface area contributed by atoms with Crippen molar-refractivity contribution < 1.29 is 4.79 Å². The topological polar surface area (TPSA) is 76.6 Å². The minimum atomic E-state index is -0.111. The number of para-hydroxylation sites is 1. The number of amides is 1. The molecule has 182 valence electrons. The lowest BCUT2D eigenvalue weighted by molar-refractivity contribution is 0.0963. The molecule has 1 amide bonds. The van der Waals surface area contributed by atoms with Crippen LogP contribution in [0.1, 0.15) is 21.5 Å². The van der Waals surface area contributed by atoms with Crippen molar-refractivity contribution in [2.45, 2.75) is 19.8 Å². The molecule has 0 bridgehead atoms. The zero-order valence-electron chi connectivity index (χ0n) is 20.1. The summed E-state index contributed by atoms with van der Waals surface area (Å²) in [5.74, 6) is 0.399. The number of aromatic nitrogens is 4. The van der Waals surface area contributed by atoms with Crippen LogP contribution in [0.2, 0.25) is 0 Å². The Morgan fingerprint density at radius 1 is 0.972 bits per heavy atom. The average Bonchev–Trinajstić information content (AvgIpc) is 3.22. The summed E-state index contributed by atoms with van der Waals surface area (Å²) in [6.45, 7) is 1.47. The monoisotopic (exact) mass is 498 g/mol. The third-order valence-electron chi connectivity index (χ3n) is 6.14. The van der Waals surface area contributed by atoms with E-state index in [1.165, 1.54) is 0 Å². The number of rotatable bonds is 7. The lowest BCUT2D eigenvalue weighted by Crippen LogP contribution is -2.24. The maximum atomic E-state index is 13.5. The number of hydrogen-bond donors (Lipinski definition) is 1. The molecule has 3 aromatic carbocycles. The third kappa shape index (κ3) is 4.46. The van der Waals surface area contributed by atoms with Gasteiger partial charge in [-0.25, -0.2) is 4.68 Å². The highest BCUT2D eigenvalue weighted by Crippen LogP contribution is 2.16. The summed E-state index contributed by atoms with van der Waals surface area (Å²) >= 11 is 5.84. The number of carbonyl (C=O) groups is 1. The third-order valence-corrected chi connectivity index (χ3v) is 6.53. The van der Waals surface area contributed by atoms with Gasteiger partial charge in [0.05, 0.1) is 24.1 Å². The van der Waals surface area contributed by atoms with E-state index in [9.17, 15) is 9.59 Å². The largest absolute Gasteiger partial charge is 0.355 e. The highest BCUT2D eigenvalue weighted by Gasteiger charge is 2.17. The fourth-order valence-electron chi connectivity index (χ4n) is 4.36. The molecule has 9 heteroatoms. The van der Waals surface area contributed by atoms with Crippen molar-refractivity contribution in [3.63, 3.8) is 0 Å². The van der Waals surface area contributed by atoms with Crippen LogP contribution in [0.25, 0.3) is 16.7 Å². The molecule has 0 spiro atoms. The van der Waals surface area contributed by atoms with Crippen LogP contribution in [0, 0.1) is 4.77 Å². The number of nitrogens with zero attached hydrogens (tertiary/aromatic N) is 5. The smallest absolute Gasteiger partial charge is 0.263 e. The van der Waals surface area contributed by atoms with E-state index < -0.39 is 0 Å². The van der Waals surface area contributed by atoms with Gasteiger partial charge in [-0.3, -0.25) is 23.5 Å². The van der Waals surface area contributed by atoms with Gasteiger partial charge in [0.25, 0.3) is 11.5 Å². The molecule has 36 heavy (non-hydrogen) atoms. The molecule has 5 aromatic rings. The Bertz CT molecular complexity index is 1670. The van der Waals surface area contributed by atoms with Gasteiger partial charge in [-0.05, 0) is 54.7 Å². The maximum Gasteiger partial charge on any atom is 0.263 e. The van der Waals surface area contributed by atoms with Gasteiger partial charge < -0.3 is 5.32 Å². The first-order valence-electron chi connectivity index (χ1n) is 11.6. The van der Waals surface area contributed by atoms with E-state index in [0.717, 1.165) is 16.6 Å². The molecule has 0 saturated carbocycles. The Hall–Kier alpha value is -4.08. The quantitative estimate of drug-likeness (QED) is 0.347. The molecule has 1 N–H and O–H groups in total. The Kier molecular flexibility index (Phi) is 6.49. The molecule has 2 heterocycles. The lowest BCUT2D eigenvalue weighted by atomic mass is 10.1. The van der Waals surface area contributed by atoms with Crippen molar-refractivity contribution in [3.8, 4) is 0 Å². The molecule has 0 atom stereocenters. The number of nitrogens with one attached hydrogen (secondary N) is 1. The van der Waals surface area contributed by atoms with Crippen LogP contribution in [0.15, 0.2) is 83.7 Å². The first-order chi connectivity index (χ1) is 17.5. The Balaban J connectivity index is 1.51. The van der Waals surface area contributed by atoms with Crippen molar-refractivity contribution in [1.82, 2.24) is 29.0 Å². The van der Waals surface area contributed by atoms with Crippen molar-refractivity contribution in [3.05, 3.63) is 111 Å². The molecule has 0 radical (unpaired) electrons. The van der Waals surface area contributed by atoms with E-state index in [2.05, 4.69) is 10.2 Å². The van der Waals surface area contributed by atoms with Crippen LogP contribution < -0.4 is 10.9 Å². The SMILES string of the molecule is CNC(=O)c1ccc(CN(C)Cn2nc3n(Cc4ccccc4)c(=O)c4ccccc4n3c2=S)cc1. The second kappa shape index (κ2) is 9.88. The summed E-state index contributed by atoms with van der Waals surface area (Å²) in [5, 5.41) is 8.02. The zero-order chi connectivity index (χ0) is 25.2. The summed E-state index contributed by atoms with van der Waals surface area (Å²) in [6, 6.07) is 24.8. The molecule has 0 aliphatic carbocycles. The van der Waals surface area contributed by atoms with Crippen LogP contribution in [-0.2, 0) is 19.8 Å². The first-order valence-corrected chi connectivity index (χ1v) is 12.0. The first kappa shape index (κ1) is 23.7. The van der Waals surface area contributed by atoms with Gasteiger partial charge in [0.15, 0.2) is 0 Å². The highest BCUT2D eigenvalue weighted by atomic mass is 32.1. The van der Waals surface area contributed by atoms with Crippen molar-refractivity contribution >= 4 is 34.8 Å². The standard InChI is InChI=1S/C27H26N6O2S/c1-28-24(34)21-14-12-20(13-15-21)16-30(2)18-32-27(36)33-23-11-7-6-10-22(23)25(35)31(26(33)29-32)17-19-8-4-3-5-9-19/h3-15H,16-18H2,1-2H3,(H,28,34). The molecular formula is C27H26N6O2S. The molecule has 0 aliphatic rings. The van der Waals surface area contributed by atoms with Crippen LogP contribution >= 0.6 is 12.2 Å². The Morgan fingerprint density at radius 2 is 1.67 bits per heavy atom. The minimum Gasteiger partial charge on any atom is -0.355 e. The summed E-state index contributed by atoms with van der Waals surface area (Å²) in [4.78, 5) is 27.3. The van der Waals surface area contributed by atoms with Gasteiger partial charge in [-0.15, -0.1) is 5.10 Å². The van der Waals surface area contributed by atoms with E-state index in [0.29, 0.717) is 41.3 Å². The van der Waals surface area contributed by atoms with Gasteiger partial charge in [0.2, 0.25) is 10.5 Å². The summed E-state index contributed by atoms with van der Waals surface area (Å²) in [5.41, 5.74) is 3.33. The fraction of sp³-hybridized carbons (Fsp3) is 0.185. The van der Waals surface area contributed by atoms with Crippen LogP contribution in [0.5, 0.6) is 0 Å². The van der Waals surface area contributed by atoms with E-state index >= 15 is 0 Å². The fourth-order valence-corrected chi connectivity index (χ4v) is 4.64. The number of hydrogen-bond acceptors (Lipinski definition) is 5. The Labute approximate surface area is 213 Å². The zero-order valence-corrected chi connectivity index (χ0v) is 20.9. The predicted octanol–water partition coefficient (Wildman–Crippen LogP) is 3.68. The molecule has 0 unspecified atom stereocenters.